The van der Waals surface area contributed by atoms with Gasteiger partial charge in [-0.25, -0.2) is 0 Å². The number of fused-ring (bicyclic) bond motifs is 1. The molecule has 0 bridgehead atoms. The second kappa shape index (κ2) is 9.30. The first-order valence-electron chi connectivity index (χ1n) is 9.08. The van der Waals surface area contributed by atoms with Crippen molar-refractivity contribution in [1.82, 2.24) is 10.6 Å². The van der Waals surface area contributed by atoms with Crippen molar-refractivity contribution >= 4 is 17.5 Å². The molecule has 1 aromatic rings. The molecule has 0 aliphatic carbocycles. The summed E-state index contributed by atoms with van der Waals surface area (Å²) in [6.07, 6.45) is 5.05. The molecule has 2 N–H and O–H groups in total. The maximum Gasteiger partial charge on any atom is 0.309 e. The molecule has 1 aliphatic rings. The number of rotatable bonds is 7. The molecule has 0 fully saturated rings. The number of carbonyl (C=O) groups excluding carboxylic acids is 2. The van der Waals surface area contributed by atoms with Crippen molar-refractivity contribution < 1.29 is 9.59 Å². The second-order valence-electron chi connectivity index (χ2n) is 6.32. The molecule has 132 valence electrons. The first-order chi connectivity index (χ1) is 11.7. The lowest BCUT2D eigenvalue weighted by Crippen LogP contribution is -2.40. The van der Waals surface area contributed by atoms with E-state index in [0.717, 1.165) is 38.8 Å². The van der Waals surface area contributed by atoms with Gasteiger partial charge >= 0.3 is 11.8 Å². The third-order valence-corrected chi connectivity index (χ3v) is 4.29. The van der Waals surface area contributed by atoms with Crippen LogP contribution in [0.4, 0.5) is 5.69 Å². The molecule has 5 nitrogen and oxygen atoms in total. The number of anilines is 1. The van der Waals surface area contributed by atoms with Crippen LogP contribution >= 0.6 is 0 Å². The third kappa shape index (κ3) is 4.98. The lowest BCUT2D eigenvalue weighted by Gasteiger charge is -2.31. The van der Waals surface area contributed by atoms with E-state index in [0.29, 0.717) is 13.1 Å². The van der Waals surface area contributed by atoms with Crippen LogP contribution in [0, 0.1) is 0 Å². The largest absolute Gasteiger partial charge is 0.371 e. The summed E-state index contributed by atoms with van der Waals surface area (Å²) in [5.41, 5.74) is 3.97. The number of hydrogen-bond acceptors (Lipinski definition) is 3. The first kappa shape index (κ1) is 18.3. The zero-order valence-electron chi connectivity index (χ0n) is 14.9. The summed E-state index contributed by atoms with van der Waals surface area (Å²) in [6, 6.07) is 6.59. The zero-order chi connectivity index (χ0) is 17.4. The van der Waals surface area contributed by atoms with Crippen LogP contribution in [0.25, 0.3) is 0 Å². The van der Waals surface area contributed by atoms with Crippen molar-refractivity contribution in [2.75, 3.05) is 31.1 Å². The number of nitrogens with one attached hydrogen (secondary N) is 2. The average molecular weight is 331 g/mol. The highest BCUT2D eigenvalue weighted by Crippen LogP contribution is 2.28. The molecule has 1 aliphatic heterocycles. The van der Waals surface area contributed by atoms with E-state index in [1.807, 2.05) is 6.92 Å². The quantitative estimate of drug-likeness (QED) is 0.752. The summed E-state index contributed by atoms with van der Waals surface area (Å²) >= 11 is 0. The van der Waals surface area contributed by atoms with Gasteiger partial charge in [0.05, 0.1) is 0 Å². The molecule has 0 atom stereocenters. The van der Waals surface area contributed by atoms with Gasteiger partial charge in [0.15, 0.2) is 0 Å². The molecule has 2 rings (SSSR count). The van der Waals surface area contributed by atoms with Gasteiger partial charge in [0, 0.05) is 31.9 Å². The van der Waals surface area contributed by atoms with Crippen LogP contribution in [0.1, 0.15) is 44.2 Å². The van der Waals surface area contributed by atoms with Gasteiger partial charge in [-0.05, 0) is 49.3 Å². The Kier molecular flexibility index (Phi) is 7.09. The topological polar surface area (TPSA) is 61.4 Å². The van der Waals surface area contributed by atoms with Gasteiger partial charge < -0.3 is 15.5 Å². The average Bonchev–Trinajstić information content (AvgIpc) is 2.59. The van der Waals surface area contributed by atoms with Gasteiger partial charge in [-0.2, -0.15) is 0 Å². The van der Waals surface area contributed by atoms with Crippen LogP contribution in [0.2, 0.25) is 0 Å². The molecule has 2 amide bonds. The molecule has 0 saturated carbocycles. The predicted octanol–water partition coefficient (Wildman–Crippen LogP) is 2.03. The minimum absolute atomic E-state index is 0.482. The summed E-state index contributed by atoms with van der Waals surface area (Å²) < 4.78 is 0. The molecule has 0 saturated heterocycles. The van der Waals surface area contributed by atoms with Gasteiger partial charge in [-0.15, -0.1) is 0 Å². The Hall–Kier alpha value is -2.04. The highest BCUT2D eigenvalue weighted by Gasteiger charge is 2.16. The highest BCUT2D eigenvalue weighted by molar-refractivity contribution is 6.35. The minimum Gasteiger partial charge on any atom is -0.371 e. The van der Waals surface area contributed by atoms with Gasteiger partial charge in [0.1, 0.15) is 0 Å². The maximum absolute atomic E-state index is 11.7. The summed E-state index contributed by atoms with van der Waals surface area (Å²) in [5, 5.41) is 5.27. The molecular formula is C19H29N3O2. The standard InChI is InChI=1S/C19H29N3O2/c1-3-10-20-18(23)19(24)21-11-9-15-7-8-17-16(14-15)6-5-13-22(17)12-4-2/h7-8,14H,3-6,9-13H2,1-2H3,(H,20,23)(H,21,24). The highest BCUT2D eigenvalue weighted by atomic mass is 16.2. The fourth-order valence-electron chi connectivity index (χ4n) is 3.11. The van der Waals surface area contributed by atoms with Crippen LogP contribution in [-0.2, 0) is 22.4 Å². The maximum atomic E-state index is 11.7. The Balaban J connectivity index is 1.86. The van der Waals surface area contributed by atoms with Crippen LogP contribution in [0.3, 0.4) is 0 Å². The normalized spacial score (nSPS) is 13.3. The number of benzene rings is 1. The first-order valence-corrected chi connectivity index (χ1v) is 9.08. The van der Waals surface area contributed by atoms with Gasteiger partial charge in [0.2, 0.25) is 0 Å². The molecule has 0 aromatic heterocycles. The lowest BCUT2D eigenvalue weighted by atomic mass is 9.98. The fraction of sp³-hybridized carbons (Fsp3) is 0.579. The molecule has 1 aromatic carbocycles. The Morgan fingerprint density at radius 2 is 1.83 bits per heavy atom. The van der Waals surface area contributed by atoms with Crippen molar-refractivity contribution in [3.63, 3.8) is 0 Å². The Labute approximate surface area is 144 Å². The van der Waals surface area contributed by atoms with Crippen LogP contribution < -0.4 is 15.5 Å². The number of hydrogen-bond donors (Lipinski definition) is 2. The third-order valence-electron chi connectivity index (χ3n) is 4.29. The Morgan fingerprint density at radius 3 is 2.54 bits per heavy atom. The van der Waals surface area contributed by atoms with E-state index in [4.69, 9.17) is 0 Å². The molecule has 1 heterocycles. The number of amides is 2. The van der Waals surface area contributed by atoms with E-state index in [2.05, 4.69) is 40.7 Å². The number of aryl methyl sites for hydroxylation is 1. The minimum atomic E-state index is -0.546. The molecule has 5 heteroatoms. The molecule has 0 spiro atoms. The van der Waals surface area contributed by atoms with Crippen molar-refractivity contribution in [1.29, 1.82) is 0 Å². The van der Waals surface area contributed by atoms with E-state index in [-0.39, 0.29) is 0 Å². The lowest BCUT2D eigenvalue weighted by molar-refractivity contribution is -0.139. The SMILES string of the molecule is CCCNC(=O)C(=O)NCCc1ccc2c(c1)CCCN2CCC. The molecule has 0 unspecified atom stereocenters. The van der Waals surface area contributed by atoms with E-state index >= 15 is 0 Å². The predicted molar refractivity (Wildman–Crippen MR) is 97.3 cm³/mol. The Bertz CT molecular complexity index is 572. The van der Waals surface area contributed by atoms with E-state index in [9.17, 15) is 9.59 Å². The summed E-state index contributed by atoms with van der Waals surface area (Å²) in [7, 11) is 0. The Morgan fingerprint density at radius 1 is 1.08 bits per heavy atom. The van der Waals surface area contributed by atoms with Crippen LogP contribution in [-0.4, -0.2) is 38.0 Å². The van der Waals surface area contributed by atoms with Gasteiger partial charge in [-0.1, -0.05) is 26.0 Å². The van der Waals surface area contributed by atoms with Crippen molar-refractivity contribution in [2.24, 2.45) is 0 Å². The monoisotopic (exact) mass is 331 g/mol. The number of carbonyl (C=O) groups is 2. The van der Waals surface area contributed by atoms with E-state index < -0.39 is 11.8 Å². The van der Waals surface area contributed by atoms with Crippen molar-refractivity contribution in [3.8, 4) is 0 Å². The molecule has 0 radical (unpaired) electrons. The van der Waals surface area contributed by atoms with Crippen LogP contribution in [0.15, 0.2) is 18.2 Å². The molecular weight excluding hydrogens is 302 g/mol. The summed E-state index contributed by atoms with van der Waals surface area (Å²) in [6.45, 7) is 7.43. The van der Waals surface area contributed by atoms with Crippen LogP contribution in [0.5, 0.6) is 0 Å². The number of nitrogens with zero attached hydrogens (tertiary/aromatic N) is 1. The van der Waals surface area contributed by atoms with Crippen molar-refractivity contribution in [3.05, 3.63) is 29.3 Å². The van der Waals surface area contributed by atoms with Gasteiger partial charge in [-0.3, -0.25) is 9.59 Å². The molecule has 24 heavy (non-hydrogen) atoms. The zero-order valence-corrected chi connectivity index (χ0v) is 14.9. The summed E-state index contributed by atoms with van der Waals surface area (Å²) in [5.74, 6) is -1.09. The van der Waals surface area contributed by atoms with Crippen molar-refractivity contribution in [2.45, 2.75) is 46.0 Å². The van der Waals surface area contributed by atoms with E-state index in [1.54, 1.807) is 0 Å². The van der Waals surface area contributed by atoms with Gasteiger partial charge in [0.25, 0.3) is 0 Å². The summed E-state index contributed by atoms with van der Waals surface area (Å²) in [4.78, 5) is 25.6. The smallest absolute Gasteiger partial charge is 0.309 e. The second-order valence-corrected chi connectivity index (χ2v) is 6.32. The van der Waals surface area contributed by atoms with E-state index in [1.165, 1.54) is 23.2 Å². The fourth-order valence-corrected chi connectivity index (χ4v) is 3.11.